The molecule has 1 aromatic carbocycles. The average molecular weight is 288 g/mol. The zero-order chi connectivity index (χ0) is 15.5. The Morgan fingerprint density at radius 2 is 1.95 bits per heavy atom. The molecule has 1 amide bonds. The van der Waals surface area contributed by atoms with Crippen molar-refractivity contribution in [2.45, 2.75) is 32.7 Å². The monoisotopic (exact) mass is 288 g/mol. The lowest BCUT2D eigenvalue weighted by molar-refractivity contribution is -0.121. The van der Waals surface area contributed by atoms with E-state index in [0.717, 1.165) is 11.3 Å². The van der Waals surface area contributed by atoms with Gasteiger partial charge in [-0.1, -0.05) is 5.16 Å². The zero-order valence-corrected chi connectivity index (χ0v) is 12.8. The van der Waals surface area contributed by atoms with Crippen LogP contribution in [0.15, 0.2) is 34.9 Å². The molecule has 2 aromatic rings. The van der Waals surface area contributed by atoms with Crippen molar-refractivity contribution in [3.05, 3.63) is 36.0 Å². The molecule has 1 N–H and O–H groups in total. The minimum atomic E-state index is -0.250. The summed E-state index contributed by atoms with van der Waals surface area (Å²) in [5, 5.41) is 6.83. The van der Waals surface area contributed by atoms with E-state index in [2.05, 4.69) is 10.5 Å². The van der Waals surface area contributed by atoms with Gasteiger partial charge in [-0.15, -0.1) is 0 Å². The molecule has 21 heavy (non-hydrogen) atoms. The molecule has 0 spiro atoms. The van der Waals surface area contributed by atoms with Crippen LogP contribution in [0.4, 0.5) is 0 Å². The molecule has 0 radical (unpaired) electrons. The maximum Gasteiger partial charge on any atom is 0.226 e. The average Bonchev–Trinajstić information content (AvgIpc) is 2.85. The predicted octanol–water partition coefficient (Wildman–Crippen LogP) is 2.81. The van der Waals surface area contributed by atoms with Crippen LogP contribution in [0.1, 0.15) is 26.5 Å². The molecule has 0 aliphatic rings. The third-order valence-corrected chi connectivity index (χ3v) is 2.79. The molecule has 0 aliphatic heterocycles. The van der Waals surface area contributed by atoms with Crippen molar-refractivity contribution < 1.29 is 14.1 Å². The van der Waals surface area contributed by atoms with Crippen molar-refractivity contribution in [1.82, 2.24) is 10.5 Å². The summed E-state index contributed by atoms with van der Waals surface area (Å²) in [7, 11) is 1.62. The second kappa shape index (κ2) is 5.99. The van der Waals surface area contributed by atoms with Gasteiger partial charge in [0.2, 0.25) is 5.91 Å². The molecule has 0 saturated carbocycles. The van der Waals surface area contributed by atoms with Crippen LogP contribution in [0.3, 0.4) is 0 Å². The van der Waals surface area contributed by atoms with E-state index in [0.29, 0.717) is 11.5 Å². The fourth-order valence-corrected chi connectivity index (χ4v) is 1.91. The van der Waals surface area contributed by atoms with E-state index in [1.807, 2.05) is 45.0 Å². The summed E-state index contributed by atoms with van der Waals surface area (Å²) in [6.45, 7) is 5.82. The molecule has 1 aromatic heterocycles. The Hall–Kier alpha value is -2.30. The summed E-state index contributed by atoms with van der Waals surface area (Å²) in [5.41, 5.74) is 1.26. The van der Waals surface area contributed by atoms with Crippen molar-refractivity contribution in [3.63, 3.8) is 0 Å². The van der Waals surface area contributed by atoms with Crippen LogP contribution in [0, 0.1) is 0 Å². The summed E-state index contributed by atoms with van der Waals surface area (Å²) in [4.78, 5) is 11.8. The summed E-state index contributed by atoms with van der Waals surface area (Å²) in [6.07, 6.45) is 0.205. The number of ether oxygens (including phenoxy) is 1. The van der Waals surface area contributed by atoms with Gasteiger partial charge in [0.15, 0.2) is 5.76 Å². The van der Waals surface area contributed by atoms with E-state index in [1.165, 1.54) is 0 Å². The van der Waals surface area contributed by atoms with Crippen molar-refractivity contribution in [1.29, 1.82) is 0 Å². The van der Waals surface area contributed by atoms with E-state index in [9.17, 15) is 4.79 Å². The van der Waals surface area contributed by atoms with Gasteiger partial charge in [-0.2, -0.15) is 0 Å². The van der Waals surface area contributed by atoms with Crippen molar-refractivity contribution >= 4 is 5.91 Å². The van der Waals surface area contributed by atoms with Gasteiger partial charge < -0.3 is 14.6 Å². The number of aromatic nitrogens is 1. The maximum absolute atomic E-state index is 11.8. The van der Waals surface area contributed by atoms with Gasteiger partial charge in [-0.3, -0.25) is 4.79 Å². The summed E-state index contributed by atoms with van der Waals surface area (Å²) < 4.78 is 10.4. The van der Waals surface area contributed by atoms with E-state index < -0.39 is 0 Å². The SMILES string of the molecule is COc1ccc(-c2cc(CC(=O)NC(C)(C)C)no2)cc1. The standard InChI is InChI=1S/C16H20N2O3/c1-16(2,3)17-15(19)10-12-9-14(21-18-12)11-5-7-13(20-4)8-6-11/h5-9H,10H2,1-4H3,(H,17,19). The van der Waals surface area contributed by atoms with Crippen molar-refractivity contribution in [2.24, 2.45) is 0 Å². The minimum absolute atomic E-state index is 0.0721. The summed E-state index contributed by atoms with van der Waals surface area (Å²) >= 11 is 0. The normalized spacial score (nSPS) is 11.2. The predicted molar refractivity (Wildman–Crippen MR) is 80.1 cm³/mol. The largest absolute Gasteiger partial charge is 0.497 e. The number of amides is 1. The highest BCUT2D eigenvalue weighted by Gasteiger charge is 2.16. The number of carbonyl (C=O) groups excluding carboxylic acids is 1. The molecule has 112 valence electrons. The lowest BCUT2D eigenvalue weighted by Gasteiger charge is -2.19. The van der Waals surface area contributed by atoms with Crippen LogP contribution in [-0.4, -0.2) is 23.7 Å². The van der Waals surface area contributed by atoms with Gasteiger partial charge in [0.05, 0.1) is 19.2 Å². The second-order valence-corrected chi connectivity index (χ2v) is 5.89. The molecule has 5 nitrogen and oxygen atoms in total. The number of methoxy groups -OCH3 is 1. The molecule has 0 atom stereocenters. The molecular formula is C16H20N2O3. The first-order chi connectivity index (χ1) is 9.87. The number of carbonyl (C=O) groups is 1. The van der Waals surface area contributed by atoms with Gasteiger partial charge in [-0.05, 0) is 45.0 Å². The van der Waals surface area contributed by atoms with Crippen LogP contribution < -0.4 is 10.1 Å². The van der Waals surface area contributed by atoms with Crippen LogP contribution in [-0.2, 0) is 11.2 Å². The Morgan fingerprint density at radius 3 is 2.52 bits per heavy atom. The van der Waals surface area contributed by atoms with Gasteiger partial charge in [0.25, 0.3) is 0 Å². The van der Waals surface area contributed by atoms with Crippen LogP contribution in [0.2, 0.25) is 0 Å². The molecular weight excluding hydrogens is 268 g/mol. The molecule has 0 unspecified atom stereocenters. The maximum atomic E-state index is 11.8. The molecule has 0 bridgehead atoms. The highest BCUT2D eigenvalue weighted by Crippen LogP contribution is 2.23. The number of benzene rings is 1. The molecule has 0 aliphatic carbocycles. The molecule has 0 saturated heterocycles. The zero-order valence-electron chi connectivity index (χ0n) is 12.8. The Bertz CT molecular complexity index is 609. The number of nitrogens with one attached hydrogen (secondary N) is 1. The molecule has 5 heteroatoms. The minimum Gasteiger partial charge on any atom is -0.497 e. The molecule has 1 heterocycles. The first-order valence-corrected chi connectivity index (χ1v) is 6.78. The smallest absolute Gasteiger partial charge is 0.226 e. The third-order valence-electron chi connectivity index (χ3n) is 2.79. The highest BCUT2D eigenvalue weighted by molar-refractivity contribution is 5.79. The quantitative estimate of drug-likeness (QED) is 0.939. The lowest BCUT2D eigenvalue weighted by Crippen LogP contribution is -2.41. The van der Waals surface area contributed by atoms with E-state index in [-0.39, 0.29) is 17.9 Å². The topological polar surface area (TPSA) is 64.4 Å². The Kier molecular flexibility index (Phi) is 4.31. The Morgan fingerprint density at radius 1 is 1.29 bits per heavy atom. The number of hydrogen-bond acceptors (Lipinski definition) is 4. The lowest BCUT2D eigenvalue weighted by atomic mass is 10.1. The van der Waals surface area contributed by atoms with E-state index >= 15 is 0 Å². The summed E-state index contributed by atoms with van der Waals surface area (Å²) in [5.74, 6) is 1.34. The fraction of sp³-hybridized carbons (Fsp3) is 0.375. The van der Waals surface area contributed by atoms with E-state index in [1.54, 1.807) is 13.2 Å². The van der Waals surface area contributed by atoms with Gasteiger partial charge in [0, 0.05) is 17.2 Å². The van der Waals surface area contributed by atoms with Gasteiger partial charge >= 0.3 is 0 Å². The highest BCUT2D eigenvalue weighted by atomic mass is 16.5. The van der Waals surface area contributed by atoms with Crippen LogP contribution >= 0.6 is 0 Å². The van der Waals surface area contributed by atoms with E-state index in [4.69, 9.17) is 9.26 Å². The Balaban J connectivity index is 2.05. The van der Waals surface area contributed by atoms with Crippen LogP contribution in [0.5, 0.6) is 5.75 Å². The molecule has 2 rings (SSSR count). The number of nitrogens with zero attached hydrogens (tertiary/aromatic N) is 1. The third kappa shape index (κ3) is 4.34. The fourth-order valence-electron chi connectivity index (χ4n) is 1.91. The second-order valence-electron chi connectivity index (χ2n) is 5.89. The Labute approximate surface area is 124 Å². The number of rotatable bonds is 4. The van der Waals surface area contributed by atoms with Crippen molar-refractivity contribution in [2.75, 3.05) is 7.11 Å². The summed E-state index contributed by atoms with van der Waals surface area (Å²) in [6, 6.07) is 9.26. The first kappa shape index (κ1) is 15.1. The number of hydrogen-bond donors (Lipinski definition) is 1. The molecule has 0 fully saturated rings. The van der Waals surface area contributed by atoms with Gasteiger partial charge in [-0.25, -0.2) is 0 Å². The first-order valence-electron chi connectivity index (χ1n) is 6.78. The van der Waals surface area contributed by atoms with Crippen LogP contribution in [0.25, 0.3) is 11.3 Å². The van der Waals surface area contributed by atoms with Crippen molar-refractivity contribution in [3.8, 4) is 17.1 Å². The van der Waals surface area contributed by atoms with Gasteiger partial charge in [0.1, 0.15) is 5.75 Å².